The van der Waals surface area contributed by atoms with E-state index in [0.717, 1.165) is 11.1 Å². The van der Waals surface area contributed by atoms with E-state index >= 15 is 0 Å². The highest BCUT2D eigenvalue weighted by molar-refractivity contribution is 6.32. The van der Waals surface area contributed by atoms with Crippen LogP contribution >= 0.6 is 11.6 Å². The standard InChI is InChI=1S/C17H17ClN2O4/c1-10-5-4-6-11(2)16(10)24-12(3)17(21)19-13-7-8-14(18)15(9-13)20(22)23/h4-9,12H,1-3H3,(H,19,21)/t12-/m0/s1. The summed E-state index contributed by atoms with van der Waals surface area (Å²) in [5, 5.41) is 13.5. The lowest BCUT2D eigenvalue weighted by atomic mass is 10.1. The minimum atomic E-state index is -0.764. The largest absolute Gasteiger partial charge is 0.480 e. The maximum atomic E-state index is 12.3. The fourth-order valence-corrected chi connectivity index (χ4v) is 2.38. The van der Waals surface area contributed by atoms with Gasteiger partial charge in [0.25, 0.3) is 11.6 Å². The molecule has 2 rings (SSSR count). The van der Waals surface area contributed by atoms with Gasteiger partial charge in [-0.15, -0.1) is 0 Å². The van der Waals surface area contributed by atoms with Crippen molar-refractivity contribution in [1.82, 2.24) is 0 Å². The zero-order valence-corrected chi connectivity index (χ0v) is 14.3. The molecule has 2 aromatic carbocycles. The SMILES string of the molecule is Cc1cccc(C)c1O[C@@H](C)C(=O)Nc1ccc(Cl)c([N+](=O)[O-])c1. The van der Waals surface area contributed by atoms with Crippen molar-refractivity contribution in [2.45, 2.75) is 26.9 Å². The Balaban J connectivity index is 2.12. The number of hydrogen-bond acceptors (Lipinski definition) is 4. The lowest BCUT2D eigenvalue weighted by Crippen LogP contribution is -2.30. The monoisotopic (exact) mass is 348 g/mol. The molecule has 0 aromatic heterocycles. The summed E-state index contributed by atoms with van der Waals surface area (Å²) in [6.07, 6.45) is -0.764. The quantitative estimate of drug-likeness (QED) is 0.646. The number of hydrogen-bond donors (Lipinski definition) is 1. The third-order valence-corrected chi connectivity index (χ3v) is 3.80. The zero-order valence-electron chi connectivity index (χ0n) is 13.5. The van der Waals surface area contributed by atoms with Crippen molar-refractivity contribution >= 4 is 28.9 Å². The Labute approximate surface area is 144 Å². The van der Waals surface area contributed by atoms with E-state index in [-0.39, 0.29) is 16.4 Å². The predicted octanol–water partition coefficient (Wildman–Crippen LogP) is 4.27. The molecule has 1 amide bonds. The highest BCUT2D eigenvalue weighted by Crippen LogP contribution is 2.28. The third kappa shape index (κ3) is 4.02. The summed E-state index contributed by atoms with van der Waals surface area (Å²) in [5.41, 5.74) is 1.87. The fourth-order valence-electron chi connectivity index (χ4n) is 2.19. The first-order valence-electron chi connectivity index (χ1n) is 7.27. The molecule has 0 saturated heterocycles. The molecule has 24 heavy (non-hydrogen) atoms. The van der Waals surface area contributed by atoms with Gasteiger partial charge in [-0.2, -0.15) is 0 Å². The number of carbonyl (C=O) groups excluding carboxylic acids is 1. The number of rotatable bonds is 5. The van der Waals surface area contributed by atoms with Gasteiger partial charge in [-0.3, -0.25) is 14.9 Å². The Hall–Kier alpha value is -2.60. The fraction of sp³-hybridized carbons (Fsp3) is 0.235. The molecule has 0 aliphatic heterocycles. The van der Waals surface area contributed by atoms with Crippen LogP contribution in [0.1, 0.15) is 18.1 Å². The Morgan fingerprint density at radius 3 is 2.46 bits per heavy atom. The molecule has 0 heterocycles. The summed E-state index contributed by atoms with van der Waals surface area (Å²) in [5.74, 6) is 0.247. The lowest BCUT2D eigenvalue weighted by Gasteiger charge is -2.18. The number of anilines is 1. The Kier molecular flexibility index (Phi) is 5.41. The number of carbonyl (C=O) groups is 1. The molecule has 0 bridgehead atoms. The van der Waals surface area contributed by atoms with Crippen molar-refractivity contribution in [3.05, 3.63) is 62.7 Å². The summed E-state index contributed by atoms with van der Waals surface area (Å²) in [6.45, 7) is 5.41. The van der Waals surface area contributed by atoms with Crippen LogP contribution in [-0.4, -0.2) is 16.9 Å². The second-order valence-corrected chi connectivity index (χ2v) is 5.80. The first-order chi connectivity index (χ1) is 11.3. The molecule has 2 aromatic rings. The van der Waals surface area contributed by atoms with E-state index in [1.165, 1.54) is 18.2 Å². The van der Waals surface area contributed by atoms with Crippen LogP contribution in [-0.2, 0) is 4.79 Å². The Morgan fingerprint density at radius 1 is 1.25 bits per heavy atom. The van der Waals surface area contributed by atoms with E-state index in [4.69, 9.17) is 16.3 Å². The second kappa shape index (κ2) is 7.31. The van der Waals surface area contributed by atoms with Crippen molar-refractivity contribution in [2.75, 3.05) is 5.32 Å². The van der Waals surface area contributed by atoms with Crippen molar-refractivity contribution in [3.8, 4) is 5.75 Å². The van der Waals surface area contributed by atoms with Crippen LogP contribution in [0.15, 0.2) is 36.4 Å². The average Bonchev–Trinajstić information content (AvgIpc) is 2.52. The number of amides is 1. The van der Waals surface area contributed by atoms with Crippen LogP contribution in [0.4, 0.5) is 11.4 Å². The molecular weight excluding hydrogens is 332 g/mol. The van der Waals surface area contributed by atoms with Crippen LogP contribution in [0.5, 0.6) is 5.75 Å². The van der Waals surface area contributed by atoms with Gasteiger partial charge in [-0.05, 0) is 44.0 Å². The highest BCUT2D eigenvalue weighted by Gasteiger charge is 2.19. The topological polar surface area (TPSA) is 81.5 Å². The maximum absolute atomic E-state index is 12.3. The summed E-state index contributed by atoms with van der Waals surface area (Å²) in [6, 6.07) is 9.79. The number of benzene rings is 2. The van der Waals surface area contributed by atoms with Crippen LogP contribution in [0, 0.1) is 24.0 Å². The van der Waals surface area contributed by atoms with Gasteiger partial charge in [0.15, 0.2) is 6.10 Å². The van der Waals surface area contributed by atoms with E-state index in [0.29, 0.717) is 5.75 Å². The van der Waals surface area contributed by atoms with Gasteiger partial charge in [0.2, 0.25) is 0 Å². The summed E-state index contributed by atoms with van der Waals surface area (Å²) in [7, 11) is 0. The molecule has 0 aliphatic rings. The molecule has 0 saturated carbocycles. The Bertz CT molecular complexity index is 772. The molecule has 1 N–H and O–H groups in total. The van der Waals surface area contributed by atoms with E-state index in [1.807, 2.05) is 32.0 Å². The summed E-state index contributed by atoms with van der Waals surface area (Å²) in [4.78, 5) is 22.6. The van der Waals surface area contributed by atoms with Crippen LogP contribution in [0.25, 0.3) is 0 Å². The van der Waals surface area contributed by atoms with Crippen LogP contribution < -0.4 is 10.1 Å². The number of para-hydroxylation sites is 1. The van der Waals surface area contributed by atoms with E-state index < -0.39 is 16.9 Å². The first kappa shape index (κ1) is 17.7. The number of ether oxygens (including phenoxy) is 1. The molecule has 6 nitrogen and oxygen atoms in total. The molecular formula is C17H17ClN2O4. The number of aryl methyl sites for hydroxylation is 2. The lowest BCUT2D eigenvalue weighted by molar-refractivity contribution is -0.384. The molecule has 7 heteroatoms. The minimum Gasteiger partial charge on any atom is -0.480 e. The predicted molar refractivity (Wildman–Crippen MR) is 92.7 cm³/mol. The van der Waals surface area contributed by atoms with Gasteiger partial charge in [-0.1, -0.05) is 29.8 Å². The Morgan fingerprint density at radius 2 is 1.88 bits per heavy atom. The van der Waals surface area contributed by atoms with E-state index in [9.17, 15) is 14.9 Å². The average molecular weight is 349 g/mol. The van der Waals surface area contributed by atoms with Crippen molar-refractivity contribution < 1.29 is 14.5 Å². The van der Waals surface area contributed by atoms with Gasteiger partial charge in [0.1, 0.15) is 10.8 Å². The smallest absolute Gasteiger partial charge is 0.289 e. The highest BCUT2D eigenvalue weighted by atomic mass is 35.5. The second-order valence-electron chi connectivity index (χ2n) is 5.39. The van der Waals surface area contributed by atoms with Crippen molar-refractivity contribution in [3.63, 3.8) is 0 Å². The number of nitro groups is 1. The maximum Gasteiger partial charge on any atom is 0.289 e. The zero-order chi connectivity index (χ0) is 17.9. The third-order valence-electron chi connectivity index (χ3n) is 3.48. The molecule has 0 fully saturated rings. The molecule has 0 radical (unpaired) electrons. The molecule has 126 valence electrons. The van der Waals surface area contributed by atoms with Gasteiger partial charge in [0, 0.05) is 11.8 Å². The minimum absolute atomic E-state index is 0.0119. The van der Waals surface area contributed by atoms with Crippen molar-refractivity contribution in [2.24, 2.45) is 0 Å². The summed E-state index contributed by atoms with van der Waals surface area (Å²) < 4.78 is 5.74. The van der Waals surface area contributed by atoms with E-state index in [1.54, 1.807) is 6.92 Å². The van der Waals surface area contributed by atoms with E-state index in [2.05, 4.69) is 5.32 Å². The number of nitrogens with zero attached hydrogens (tertiary/aromatic N) is 1. The molecule has 0 spiro atoms. The van der Waals surface area contributed by atoms with Gasteiger partial charge >= 0.3 is 0 Å². The van der Waals surface area contributed by atoms with Crippen molar-refractivity contribution in [1.29, 1.82) is 0 Å². The van der Waals surface area contributed by atoms with Gasteiger partial charge < -0.3 is 10.1 Å². The summed E-state index contributed by atoms with van der Waals surface area (Å²) >= 11 is 5.75. The number of halogens is 1. The number of nitro benzene ring substituents is 1. The van der Waals surface area contributed by atoms with Crippen LogP contribution in [0.2, 0.25) is 5.02 Å². The molecule has 0 unspecified atom stereocenters. The molecule has 1 atom stereocenters. The van der Waals surface area contributed by atoms with Crippen LogP contribution in [0.3, 0.4) is 0 Å². The normalized spacial score (nSPS) is 11.7. The van der Waals surface area contributed by atoms with Gasteiger partial charge in [-0.25, -0.2) is 0 Å². The number of nitrogens with one attached hydrogen (secondary N) is 1. The first-order valence-corrected chi connectivity index (χ1v) is 7.65. The molecule has 0 aliphatic carbocycles. The van der Waals surface area contributed by atoms with Gasteiger partial charge in [0.05, 0.1) is 4.92 Å².